The van der Waals surface area contributed by atoms with Crippen LogP contribution in [0.3, 0.4) is 0 Å². The summed E-state index contributed by atoms with van der Waals surface area (Å²) < 4.78 is 5.60. The number of amides is 1. The summed E-state index contributed by atoms with van der Waals surface area (Å²) in [6.07, 6.45) is 0. The van der Waals surface area contributed by atoms with Crippen LogP contribution in [0, 0.1) is 0 Å². The van der Waals surface area contributed by atoms with Gasteiger partial charge >= 0.3 is 11.9 Å². The molecule has 1 aromatic carbocycles. The van der Waals surface area contributed by atoms with Crippen LogP contribution in [0.4, 0.5) is 0 Å². The van der Waals surface area contributed by atoms with Crippen molar-refractivity contribution >= 4 is 33.4 Å². The number of rotatable bonds is 3. The molecule has 1 heterocycles. The maximum Gasteiger partial charge on any atom is 0.396 e. The summed E-state index contributed by atoms with van der Waals surface area (Å²) in [4.78, 5) is 29.1. The topological polar surface area (TPSA) is 59.5 Å². The Kier molecular flexibility index (Phi) is 4.34. The molecule has 0 saturated carbocycles. The van der Waals surface area contributed by atoms with Crippen molar-refractivity contribution in [1.82, 2.24) is 9.88 Å². The zero-order chi connectivity index (χ0) is 14.7. The van der Waals surface area contributed by atoms with Crippen LogP contribution in [0.25, 0.3) is 10.2 Å². The van der Waals surface area contributed by atoms with Crippen molar-refractivity contribution in [2.75, 3.05) is 7.11 Å². The van der Waals surface area contributed by atoms with E-state index in [2.05, 4.69) is 9.72 Å². The highest BCUT2D eigenvalue weighted by Crippen LogP contribution is 2.20. The van der Waals surface area contributed by atoms with Crippen molar-refractivity contribution in [3.63, 3.8) is 0 Å². The van der Waals surface area contributed by atoms with E-state index in [-0.39, 0.29) is 6.04 Å². The largest absolute Gasteiger partial charge is 0.462 e. The molecule has 1 amide bonds. The highest BCUT2D eigenvalue weighted by molar-refractivity contribution is 7.16. The molecule has 0 saturated heterocycles. The summed E-state index contributed by atoms with van der Waals surface area (Å²) in [7, 11) is 1.21. The predicted molar refractivity (Wildman–Crippen MR) is 77.3 cm³/mol. The van der Waals surface area contributed by atoms with E-state index in [0.717, 1.165) is 15.8 Å². The number of hydrogen-bond acceptors (Lipinski definition) is 5. The van der Waals surface area contributed by atoms with Crippen molar-refractivity contribution < 1.29 is 14.3 Å². The molecule has 0 fully saturated rings. The molecule has 6 heteroatoms. The maximum absolute atomic E-state index is 12.0. The second-order valence-corrected chi connectivity index (χ2v) is 5.56. The maximum atomic E-state index is 12.0. The summed E-state index contributed by atoms with van der Waals surface area (Å²) in [6, 6.07) is 5.77. The number of aromatic nitrogens is 1. The Morgan fingerprint density at radius 2 is 2.15 bits per heavy atom. The standard InChI is InChI=1S/C14H16N2O3S/c1-9(2)16(13(17)14(18)19-3)7-10-4-5-12-11(6-10)15-8-20-12/h4-6,8-9H,7H2,1-3H3. The average molecular weight is 292 g/mol. The lowest BCUT2D eigenvalue weighted by atomic mass is 10.1. The fourth-order valence-corrected chi connectivity index (χ4v) is 2.55. The van der Waals surface area contributed by atoms with Gasteiger partial charge < -0.3 is 9.64 Å². The zero-order valence-electron chi connectivity index (χ0n) is 11.6. The number of carbonyl (C=O) groups excluding carboxylic acids is 2. The molecule has 0 bridgehead atoms. The third-order valence-corrected chi connectivity index (χ3v) is 3.80. The molecule has 0 aliphatic carbocycles. The third-order valence-electron chi connectivity index (χ3n) is 2.99. The Labute approximate surface area is 121 Å². The van der Waals surface area contributed by atoms with Gasteiger partial charge in [0.15, 0.2) is 0 Å². The van der Waals surface area contributed by atoms with Gasteiger partial charge in [-0.05, 0) is 31.5 Å². The van der Waals surface area contributed by atoms with Crippen molar-refractivity contribution in [3.05, 3.63) is 29.3 Å². The molecular formula is C14H16N2O3S. The summed E-state index contributed by atoms with van der Waals surface area (Å²) in [5.41, 5.74) is 3.63. The van der Waals surface area contributed by atoms with Crippen molar-refractivity contribution in [3.8, 4) is 0 Å². The van der Waals surface area contributed by atoms with Crippen LogP contribution in [-0.4, -0.2) is 34.9 Å². The predicted octanol–water partition coefficient (Wildman–Crippen LogP) is 2.21. The van der Waals surface area contributed by atoms with Crippen LogP contribution >= 0.6 is 11.3 Å². The first-order chi connectivity index (χ1) is 9.52. The molecule has 0 N–H and O–H groups in total. The molecule has 1 aromatic heterocycles. The van der Waals surface area contributed by atoms with Crippen LogP contribution in [-0.2, 0) is 20.9 Å². The third kappa shape index (κ3) is 2.96. The minimum absolute atomic E-state index is 0.0901. The first-order valence-corrected chi connectivity index (χ1v) is 7.12. The molecule has 0 unspecified atom stereocenters. The van der Waals surface area contributed by atoms with Gasteiger partial charge in [0, 0.05) is 12.6 Å². The number of hydrogen-bond donors (Lipinski definition) is 0. The second kappa shape index (κ2) is 6.00. The van der Waals surface area contributed by atoms with Gasteiger partial charge in [-0.15, -0.1) is 11.3 Å². The van der Waals surface area contributed by atoms with Crippen LogP contribution < -0.4 is 0 Å². The molecule has 0 radical (unpaired) electrons. The molecule has 20 heavy (non-hydrogen) atoms. The smallest absolute Gasteiger partial charge is 0.396 e. The van der Waals surface area contributed by atoms with Crippen LogP contribution in [0.2, 0.25) is 0 Å². The van der Waals surface area contributed by atoms with Gasteiger partial charge in [-0.2, -0.15) is 0 Å². The number of fused-ring (bicyclic) bond motifs is 1. The van der Waals surface area contributed by atoms with Crippen LogP contribution in [0.1, 0.15) is 19.4 Å². The SMILES string of the molecule is COC(=O)C(=O)N(Cc1ccc2scnc2c1)C(C)C. The van der Waals surface area contributed by atoms with Crippen molar-refractivity contribution in [1.29, 1.82) is 0 Å². The van der Waals surface area contributed by atoms with Gasteiger partial charge in [0.1, 0.15) is 0 Å². The van der Waals surface area contributed by atoms with E-state index in [1.54, 1.807) is 16.8 Å². The molecule has 0 spiro atoms. The van der Waals surface area contributed by atoms with Crippen LogP contribution in [0.5, 0.6) is 0 Å². The van der Waals surface area contributed by atoms with E-state index in [0.29, 0.717) is 6.54 Å². The number of methoxy groups -OCH3 is 1. The number of ether oxygens (including phenoxy) is 1. The van der Waals surface area contributed by atoms with Gasteiger partial charge in [-0.25, -0.2) is 9.78 Å². The van der Waals surface area contributed by atoms with Gasteiger partial charge in [-0.3, -0.25) is 4.79 Å². The summed E-state index contributed by atoms with van der Waals surface area (Å²) in [6.45, 7) is 4.09. The molecule has 2 rings (SSSR count). The van der Waals surface area contributed by atoms with Crippen molar-refractivity contribution in [2.24, 2.45) is 0 Å². The number of benzene rings is 1. The Morgan fingerprint density at radius 1 is 1.40 bits per heavy atom. The van der Waals surface area contributed by atoms with Gasteiger partial charge in [-0.1, -0.05) is 6.07 Å². The fourth-order valence-electron chi connectivity index (χ4n) is 1.89. The number of thiazole rings is 1. The first-order valence-electron chi connectivity index (χ1n) is 6.24. The first kappa shape index (κ1) is 14.5. The molecule has 0 atom stereocenters. The quantitative estimate of drug-likeness (QED) is 0.643. The molecule has 2 aromatic rings. The van der Waals surface area contributed by atoms with Gasteiger partial charge in [0.2, 0.25) is 0 Å². The molecule has 0 aliphatic rings. The van der Waals surface area contributed by atoms with E-state index in [9.17, 15) is 9.59 Å². The molecular weight excluding hydrogens is 276 g/mol. The lowest BCUT2D eigenvalue weighted by Crippen LogP contribution is -2.41. The number of carbonyl (C=O) groups is 2. The monoisotopic (exact) mass is 292 g/mol. The highest BCUT2D eigenvalue weighted by atomic mass is 32.1. The highest BCUT2D eigenvalue weighted by Gasteiger charge is 2.25. The van der Waals surface area contributed by atoms with E-state index in [1.807, 2.05) is 32.0 Å². The van der Waals surface area contributed by atoms with E-state index < -0.39 is 11.9 Å². The number of esters is 1. The van der Waals surface area contributed by atoms with Gasteiger partial charge in [0.05, 0.1) is 22.8 Å². The average Bonchev–Trinajstić information content (AvgIpc) is 2.90. The van der Waals surface area contributed by atoms with Crippen LogP contribution in [0.15, 0.2) is 23.7 Å². The Hall–Kier alpha value is -1.95. The molecule has 0 aliphatic heterocycles. The minimum atomic E-state index is -0.839. The van der Waals surface area contributed by atoms with E-state index in [4.69, 9.17) is 0 Å². The zero-order valence-corrected chi connectivity index (χ0v) is 12.4. The van der Waals surface area contributed by atoms with E-state index in [1.165, 1.54) is 12.0 Å². The molecule has 106 valence electrons. The lowest BCUT2D eigenvalue weighted by Gasteiger charge is -2.25. The fraction of sp³-hybridized carbons (Fsp3) is 0.357. The normalized spacial score (nSPS) is 10.8. The summed E-state index contributed by atoms with van der Waals surface area (Å²) >= 11 is 1.57. The molecule has 5 nitrogen and oxygen atoms in total. The summed E-state index contributed by atoms with van der Waals surface area (Å²) in [5.74, 6) is -1.46. The summed E-state index contributed by atoms with van der Waals surface area (Å²) in [5, 5.41) is 0. The number of nitrogens with zero attached hydrogens (tertiary/aromatic N) is 2. The Morgan fingerprint density at radius 3 is 2.80 bits per heavy atom. The Balaban J connectivity index is 2.23. The van der Waals surface area contributed by atoms with Gasteiger partial charge in [0.25, 0.3) is 0 Å². The second-order valence-electron chi connectivity index (χ2n) is 4.67. The minimum Gasteiger partial charge on any atom is -0.462 e. The van der Waals surface area contributed by atoms with Crippen molar-refractivity contribution in [2.45, 2.75) is 26.4 Å². The lowest BCUT2D eigenvalue weighted by molar-refractivity contribution is -0.159. The van der Waals surface area contributed by atoms with E-state index >= 15 is 0 Å². The Bertz CT molecular complexity index is 636.